The largest absolute Gasteiger partial charge is 0.487 e. The molecule has 0 bridgehead atoms. The molecule has 0 saturated heterocycles. The molecule has 3 aromatic carbocycles. The first-order valence-corrected chi connectivity index (χ1v) is 12.5. The van der Waals surface area contributed by atoms with Crippen molar-refractivity contribution in [2.24, 2.45) is 0 Å². The second-order valence-corrected chi connectivity index (χ2v) is 9.71. The molecule has 2 aliphatic heterocycles. The number of hydrogen-bond acceptors (Lipinski definition) is 5. The van der Waals surface area contributed by atoms with Gasteiger partial charge in [-0.15, -0.1) is 0 Å². The van der Waals surface area contributed by atoms with Crippen LogP contribution in [-0.4, -0.2) is 52.6 Å². The van der Waals surface area contributed by atoms with Gasteiger partial charge < -0.3 is 19.7 Å². The number of rotatable bonds is 8. The first kappa shape index (κ1) is 24.7. The summed E-state index contributed by atoms with van der Waals surface area (Å²) >= 11 is 0. The zero-order chi connectivity index (χ0) is 25.1. The number of aryl methyl sites for hydroxylation is 2. The minimum atomic E-state index is -0.796. The molecule has 5 rings (SSSR count). The van der Waals surface area contributed by atoms with E-state index in [1.165, 1.54) is 24.3 Å². The van der Waals surface area contributed by atoms with Gasteiger partial charge in [0.25, 0.3) is 0 Å². The monoisotopic (exact) mass is 495 g/mol. The summed E-state index contributed by atoms with van der Waals surface area (Å²) in [6.45, 7) is 1.13. The molecule has 0 fully saturated rings. The van der Waals surface area contributed by atoms with Crippen molar-refractivity contribution in [3.63, 3.8) is 0 Å². The highest BCUT2D eigenvalue weighted by Gasteiger charge is 2.32. The smallest absolute Gasteiger partial charge is 0.126 e. The van der Waals surface area contributed by atoms with Gasteiger partial charge in [0.05, 0.1) is 0 Å². The average Bonchev–Trinajstić information content (AvgIpc) is 2.88. The normalized spacial score (nSPS) is 20.6. The summed E-state index contributed by atoms with van der Waals surface area (Å²) < 4.78 is 39.1. The van der Waals surface area contributed by atoms with Crippen molar-refractivity contribution in [3.8, 4) is 11.5 Å². The van der Waals surface area contributed by atoms with Crippen LogP contribution in [0.1, 0.15) is 29.5 Å². The summed E-state index contributed by atoms with van der Waals surface area (Å²) in [5.41, 5.74) is 2.68. The molecule has 0 aromatic heterocycles. The minimum absolute atomic E-state index is 0.293. The van der Waals surface area contributed by atoms with Crippen LogP contribution < -0.4 is 9.47 Å². The van der Waals surface area contributed by atoms with E-state index in [0.29, 0.717) is 56.8 Å². The second kappa shape index (κ2) is 10.9. The fraction of sp³-hybridized carbons (Fsp3) is 0.379. The summed E-state index contributed by atoms with van der Waals surface area (Å²) in [7, 11) is 0. The third-order valence-corrected chi connectivity index (χ3v) is 7.00. The van der Waals surface area contributed by atoms with Gasteiger partial charge in [0, 0.05) is 19.6 Å². The number of nitrogens with zero attached hydrogens (tertiary/aromatic N) is 1. The Hall–Kier alpha value is -3.00. The average molecular weight is 496 g/mol. The lowest BCUT2D eigenvalue weighted by Crippen LogP contribution is -2.48. The Morgan fingerprint density at radius 3 is 1.75 bits per heavy atom. The summed E-state index contributed by atoms with van der Waals surface area (Å²) in [5.74, 6) is 0.619. The van der Waals surface area contributed by atoms with Crippen molar-refractivity contribution < 1.29 is 28.5 Å². The Bertz CT molecular complexity index is 1100. The molecule has 0 radical (unpaired) electrons. The standard InChI is InChI=1S/C29H31F2NO4/c30-22-8-12-26-20(14-22)6-10-28(35-26)24(33)17-32(16-19-4-2-1-3-5-19)18-25(34)29-11-7-21-15-23(31)9-13-27(21)36-29/h1-5,8-9,12-15,24-25,28-29,33-34H,6-7,10-11,16-18H2/t24-,25?,28+,29-/m0/s1. The minimum Gasteiger partial charge on any atom is -0.487 e. The lowest BCUT2D eigenvalue weighted by Gasteiger charge is -2.35. The van der Waals surface area contributed by atoms with Gasteiger partial charge in [-0.05, 0) is 78.8 Å². The van der Waals surface area contributed by atoms with Gasteiger partial charge in [-0.1, -0.05) is 30.3 Å². The highest BCUT2D eigenvalue weighted by molar-refractivity contribution is 5.37. The van der Waals surface area contributed by atoms with Crippen molar-refractivity contribution in [3.05, 3.63) is 95.1 Å². The van der Waals surface area contributed by atoms with Gasteiger partial charge in [-0.25, -0.2) is 8.78 Å². The number of aliphatic hydroxyl groups excluding tert-OH is 2. The fourth-order valence-electron chi connectivity index (χ4n) is 5.11. The van der Waals surface area contributed by atoms with Gasteiger partial charge in [0.2, 0.25) is 0 Å². The van der Waals surface area contributed by atoms with Crippen LogP contribution in [0.4, 0.5) is 8.78 Å². The molecule has 0 spiro atoms. The van der Waals surface area contributed by atoms with Gasteiger partial charge in [0.15, 0.2) is 0 Å². The van der Waals surface area contributed by atoms with Crippen molar-refractivity contribution in [1.82, 2.24) is 4.90 Å². The predicted molar refractivity (Wildman–Crippen MR) is 132 cm³/mol. The molecule has 7 heteroatoms. The van der Waals surface area contributed by atoms with E-state index >= 15 is 0 Å². The second-order valence-electron chi connectivity index (χ2n) is 9.71. The van der Waals surface area contributed by atoms with E-state index in [4.69, 9.17) is 9.47 Å². The number of halogens is 2. The zero-order valence-electron chi connectivity index (χ0n) is 20.0. The van der Waals surface area contributed by atoms with Crippen LogP contribution in [0.5, 0.6) is 11.5 Å². The summed E-state index contributed by atoms with van der Waals surface area (Å²) in [6, 6.07) is 18.8. The first-order chi connectivity index (χ1) is 17.4. The van der Waals surface area contributed by atoms with E-state index in [1.54, 1.807) is 12.1 Å². The molecule has 0 aliphatic carbocycles. The number of benzene rings is 3. The Labute approximate surface area is 209 Å². The summed E-state index contributed by atoms with van der Waals surface area (Å²) in [6.07, 6.45) is -0.0167. The quantitative estimate of drug-likeness (QED) is 0.489. The van der Waals surface area contributed by atoms with E-state index in [9.17, 15) is 19.0 Å². The Morgan fingerprint density at radius 1 is 0.750 bits per heavy atom. The summed E-state index contributed by atoms with van der Waals surface area (Å²) in [4.78, 5) is 2.01. The molecule has 36 heavy (non-hydrogen) atoms. The molecule has 0 saturated carbocycles. The molecule has 190 valence electrons. The van der Waals surface area contributed by atoms with Crippen LogP contribution in [0.2, 0.25) is 0 Å². The maximum Gasteiger partial charge on any atom is 0.126 e. The first-order valence-electron chi connectivity index (χ1n) is 12.5. The molecule has 1 unspecified atom stereocenters. The van der Waals surface area contributed by atoms with Crippen LogP contribution >= 0.6 is 0 Å². The van der Waals surface area contributed by atoms with Gasteiger partial charge in [-0.3, -0.25) is 4.90 Å². The maximum atomic E-state index is 13.5. The fourth-order valence-corrected chi connectivity index (χ4v) is 5.11. The van der Waals surface area contributed by atoms with Crippen molar-refractivity contribution in [2.75, 3.05) is 13.1 Å². The van der Waals surface area contributed by atoms with Crippen molar-refractivity contribution in [1.29, 1.82) is 0 Å². The third-order valence-electron chi connectivity index (χ3n) is 7.00. The topological polar surface area (TPSA) is 62.2 Å². The Kier molecular flexibility index (Phi) is 7.51. The molecule has 0 amide bonds. The highest BCUT2D eigenvalue weighted by atomic mass is 19.1. The van der Waals surface area contributed by atoms with Crippen molar-refractivity contribution >= 4 is 0 Å². The zero-order valence-corrected chi connectivity index (χ0v) is 20.0. The molecule has 2 aliphatic rings. The van der Waals surface area contributed by atoms with Crippen LogP contribution in [-0.2, 0) is 19.4 Å². The molecular formula is C29H31F2NO4. The summed E-state index contributed by atoms with van der Waals surface area (Å²) in [5, 5.41) is 22.2. The number of hydrogen-bond donors (Lipinski definition) is 2. The third kappa shape index (κ3) is 5.86. The molecule has 3 aromatic rings. The van der Waals surface area contributed by atoms with Crippen LogP contribution in [0.15, 0.2) is 66.7 Å². The van der Waals surface area contributed by atoms with Crippen LogP contribution in [0.3, 0.4) is 0 Å². The molecular weight excluding hydrogens is 464 g/mol. The van der Waals surface area contributed by atoms with E-state index in [1.807, 2.05) is 35.2 Å². The molecule has 5 nitrogen and oxygen atoms in total. The van der Waals surface area contributed by atoms with E-state index in [2.05, 4.69) is 0 Å². The van der Waals surface area contributed by atoms with Gasteiger partial charge in [-0.2, -0.15) is 0 Å². The highest BCUT2D eigenvalue weighted by Crippen LogP contribution is 2.31. The molecule has 2 N–H and O–H groups in total. The SMILES string of the molecule is OC(CN(Cc1ccccc1)C[C@H](O)[C@H]1CCc2cc(F)ccc2O1)[C@@H]1CCc2cc(F)ccc2O1. The Morgan fingerprint density at radius 2 is 1.25 bits per heavy atom. The van der Waals surface area contributed by atoms with Gasteiger partial charge in [0.1, 0.15) is 47.5 Å². The van der Waals surface area contributed by atoms with E-state index < -0.39 is 24.4 Å². The van der Waals surface area contributed by atoms with E-state index in [0.717, 1.165) is 16.7 Å². The van der Waals surface area contributed by atoms with Gasteiger partial charge >= 0.3 is 0 Å². The van der Waals surface area contributed by atoms with Crippen LogP contribution in [0, 0.1) is 11.6 Å². The molecule has 4 atom stereocenters. The molecule has 2 heterocycles. The Balaban J connectivity index is 1.26. The van der Waals surface area contributed by atoms with Crippen LogP contribution in [0.25, 0.3) is 0 Å². The number of ether oxygens (including phenoxy) is 2. The maximum absolute atomic E-state index is 13.5. The number of fused-ring (bicyclic) bond motifs is 2. The predicted octanol–water partition coefficient (Wildman–Crippen LogP) is 4.28. The number of aliphatic hydroxyl groups is 2. The van der Waals surface area contributed by atoms with Crippen molar-refractivity contribution in [2.45, 2.75) is 56.6 Å². The van der Waals surface area contributed by atoms with E-state index in [-0.39, 0.29) is 11.6 Å². The lowest BCUT2D eigenvalue weighted by atomic mass is 9.97. The lowest BCUT2D eigenvalue weighted by molar-refractivity contribution is -0.0295.